The second-order valence-corrected chi connectivity index (χ2v) is 5.79. The van der Waals surface area contributed by atoms with Gasteiger partial charge in [-0.3, -0.25) is 0 Å². The monoisotopic (exact) mass is 348 g/mol. The van der Waals surface area contributed by atoms with Crippen molar-refractivity contribution in [2.24, 2.45) is 0 Å². The van der Waals surface area contributed by atoms with Gasteiger partial charge in [0, 0.05) is 11.1 Å². The third kappa shape index (κ3) is 3.32. The maximum absolute atomic E-state index is 5.70. The molecule has 2 aromatic heterocycles. The first-order chi connectivity index (χ1) is 12.7. The average molecular weight is 348 g/mol. The van der Waals surface area contributed by atoms with E-state index in [-0.39, 0.29) is 6.42 Å². The number of nitrogens with zero attached hydrogens (tertiary/aromatic N) is 4. The Labute approximate surface area is 149 Å². The van der Waals surface area contributed by atoms with Crippen molar-refractivity contribution in [1.82, 2.24) is 20.3 Å². The van der Waals surface area contributed by atoms with Crippen LogP contribution in [-0.4, -0.2) is 27.4 Å². The molecule has 0 unspecified atom stereocenters. The zero-order valence-corrected chi connectivity index (χ0v) is 14.3. The van der Waals surface area contributed by atoms with E-state index in [1.165, 1.54) is 0 Å². The van der Waals surface area contributed by atoms with Crippen LogP contribution in [-0.2, 0) is 6.42 Å². The number of aromatic nitrogens is 4. The predicted molar refractivity (Wildman–Crippen MR) is 93.6 cm³/mol. The molecule has 7 nitrogen and oxygen atoms in total. The van der Waals surface area contributed by atoms with Crippen molar-refractivity contribution in [3.63, 3.8) is 0 Å². The van der Waals surface area contributed by atoms with Crippen molar-refractivity contribution < 1.29 is 13.7 Å². The van der Waals surface area contributed by atoms with E-state index < -0.39 is 0 Å². The number of aryl methyl sites for hydroxylation is 1. The summed E-state index contributed by atoms with van der Waals surface area (Å²) in [6.07, 6.45) is 0.274. The molecule has 7 heteroatoms. The Kier molecular flexibility index (Phi) is 4.18. The van der Waals surface area contributed by atoms with Crippen LogP contribution >= 0.6 is 0 Å². The minimum Gasteiger partial charge on any atom is -0.497 e. The molecular formula is C19H16N4O3. The fraction of sp³-hybridized carbons (Fsp3) is 0.158. The first kappa shape index (κ1) is 16.0. The summed E-state index contributed by atoms with van der Waals surface area (Å²) in [5.41, 5.74) is 2.82. The van der Waals surface area contributed by atoms with Crippen LogP contribution in [0.2, 0.25) is 0 Å². The van der Waals surface area contributed by atoms with Crippen LogP contribution in [0.3, 0.4) is 0 Å². The van der Waals surface area contributed by atoms with Crippen LogP contribution in [0.5, 0.6) is 5.75 Å². The Bertz CT molecular complexity index is 1040. The van der Waals surface area contributed by atoms with Crippen molar-refractivity contribution in [3.05, 3.63) is 65.9 Å². The highest BCUT2D eigenvalue weighted by Crippen LogP contribution is 2.23. The van der Waals surface area contributed by atoms with E-state index in [1.54, 1.807) is 7.11 Å². The molecule has 130 valence electrons. The molecule has 0 saturated carbocycles. The lowest BCUT2D eigenvalue weighted by molar-refractivity contribution is 0.374. The van der Waals surface area contributed by atoms with Crippen molar-refractivity contribution in [2.75, 3.05) is 7.11 Å². The Hall–Kier alpha value is -3.48. The fourth-order valence-corrected chi connectivity index (χ4v) is 2.56. The van der Waals surface area contributed by atoms with Crippen LogP contribution in [0.25, 0.3) is 22.8 Å². The number of methoxy groups -OCH3 is 1. The molecule has 4 rings (SSSR count). The fourth-order valence-electron chi connectivity index (χ4n) is 2.56. The van der Waals surface area contributed by atoms with Crippen molar-refractivity contribution in [3.8, 4) is 28.6 Å². The summed E-state index contributed by atoms with van der Waals surface area (Å²) in [7, 11) is 1.61. The zero-order valence-electron chi connectivity index (χ0n) is 14.3. The normalized spacial score (nSPS) is 10.8. The highest BCUT2D eigenvalue weighted by molar-refractivity contribution is 5.56. The highest BCUT2D eigenvalue weighted by atomic mass is 16.5. The van der Waals surface area contributed by atoms with Crippen molar-refractivity contribution >= 4 is 0 Å². The molecule has 0 aliphatic heterocycles. The lowest BCUT2D eigenvalue weighted by Gasteiger charge is -1.99. The first-order valence-electron chi connectivity index (χ1n) is 8.08. The van der Waals surface area contributed by atoms with E-state index in [2.05, 4.69) is 20.3 Å². The number of ether oxygens (including phenoxy) is 1. The molecule has 0 atom stereocenters. The first-order valence-corrected chi connectivity index (χ1v) is 8.08. The van der Waals surface area contributed by atoms with Crippen LogP contribution < -0.4 is 4.74 Å². The van der Waals surface area contributed by atoms with Gasteiger partial charge in [0.2, 0.25) is 23.5 Å². The van der Waals surface area contributed by atoms with E-state index in [1.807, 2.05) is 55.5 Å². The molecule has 0 N–H and O–H groups in total. The van der Waals surface area contributed by atoms with Crippen molar-refractivity contribution in [1.29, 1.82) is 0 Å². The molecule has 0 bridgehead atoms. The summed E-state index contributed by atoms with van der Waals surface area (Å²) in [6.45, 7) is 2.02. The number of rotatable bonds is 5. The number of hydrogen-bond acceptors (Lipinski definition) is 7. The maximum Gasteiger partial charge on any atom is 0.247 e. The van der Waals surface area contributed by atoms with Crippen LogP contribution in [0, 0.1) is 6.92 Å². The topological polar surface area (TPSA) is 87.1 Å². The SMILES string of the molecule is COc1cccc(-c2nnc(Cc3nc(-c4cccc(C)c4)no3)o2)c1. The molecule has 0 radical (unpaired) electrons. The van der Waals surface area contributed by atoms with Gasteiger partial charge in [-0.25, -0.2) is 0 Å². The van der Waals surface area contributed by atoms with Gasteiger partial charge in [-0.05, 0) is 31.2 Å². The van der Waals surface area contributed by atoms with Crippen LogP contribution in [0.15, 0.2) is 57.5 Å². The second-order valence-electron chi connectivity index (χ2n) is 5.79. The van der Waals surface area contributed by atoms with E-state index in [9.17, 15) is 0 Å². The molecule has 0 amide bonds. The van der Waals surface area contributed by atoms with E-state index in [4.69, 9.17) is 13.7 Å². The Morgan fingerprint density at radius 2 is 1.81 bits per heavy atom. The van der Waals surface area contributed by atoms with Gasteiger partial charge < -0.3 is 13.7 Å². The van der Waals surface area contributed by atoms with Crippen LogP contribution in [0.4, 0.5) is 0 Å². The molecular weight excluding hydrogens is 332 g/mol. The summed E-state index contributed by atoms with van der Waals surface area (Å²) in [6, 6.07) is 15.3. The Morgan fingerprint density at radius 3 is 2.65 bits per heavy atom. The summed E-state index contributed by atoms with van der Waals surface area (Å²) in [5, 5.41) is 12.1. The zero-order chi connectivity index (χ0) is 17.9. The van der Waals surface area contributed by atoms with Crippen LogP contribution in [0.1, 0.15) is 17.3 Å². The molecule has 2 aromatic carbocycles. The quantitative estimate of drug-likeness (QED) is 0.543. The molecule has 0 spiro atoms. The van der Waals surface area contributed by atoms with Gasteiger partial charge in [-0.1, -0.05) is 35.0 Å². The molecule has 0 aliphatic carbocycles. The second kappa shape index (κ2) is 6.79. The Morgan fingerprint density at radius 1 is 0.962 bits per heavy atom. The number of hydrogen-bond donors (Lipinski definition) is 0. The van der Waals surface area contributed by atoms with Gasteiger partial charge >= 0.3 is 0 Å². The maximum atomic E-state index is 5.70. The third-order valence-corrected chi connectivity index (χ3v) is 3.83. The largest absolute Gasteiger partial charge is 0.497 e. The highest BCUT2D eigenvalue weighted by Gasteiger charge is 2.14. The number of benzene rings is 2. The predicted octanol–water partition coefficient (Wildman–Crippen LogP) is 3.69. The summed E-state index contributed by atoms with van der Waals surface area (Å²) >= 11 is 0. The van der Waals surface area contributed by atoms with Gasteiger partial charge in [0.15, 0.2) is 0 Å². The van der Waals surface area contributed by atoms with Crippen molar-refractivity contribution in [2.45, 2.75) is 13.3 Å². The minimum absolute atomic E-state index is 0.274. The van der Waals surface area contributed by atoms with Gasteiger partial charge in [0.05, 0.1) is 7.11 Å². The molecule has 26 heavy (non-hydrogen) atoms. The van der Waals surface area contributed by atoms with Gasteiger partial charge in [0.1, 0.15) is 12.2 Å². The molecule has 0 fully saturated rings. The molecule has 0 saturated heterocycles. The molecule has 2 heterocycles. The lowest BCUT2D eigenvalue weighted by Crippen LogP contribution is -1.89. The van der Waals surface area contributed by atoms with Gasteiger partial charge in [-0.15, -0.1) is 10.2 Å². The average Bonchev–Trinajstić information content (AvgIpc) is 3.32. The Balaban J connectivity index is 1.53. The summed E-state index contributed by atoms with van der Waals surface area (Å²) in [5.74, 6) is 2.50. The summed E-state index contributed by atoms with van der Waals surface area (Å²) in [4.78, 5) is 4.40. The summed E-state index contributed by atoms with van der Waals surface area (Å²) < 4.78 is 16.2. The standard InChI is InChI=1S/C19H16N4O3/c1-12-5-3-6-13(9-12)18-20-16(26-23-18)11-17-21-22-19(25-17)14-7-4-8-15(10-14)24-2/h3-10H,11H2,1-2H3. The van der Waals surface area contributed by atoms with E-state index in [0.717, 1.165) is 22.4 Å². The molecule has 0 aliphatic rings. The third-order valence-electron chi connectivity index (χ3n) is 3.83. The minimum atomic E-state index is 0.274. The van der Waals surface area contributed by atoms with Gasteiger partial charge in [-0.2, -0.15) is 4.98 Å². The smallest absolute Gasteiger partial charge is 0.247 e. The lowest BCUT2D eigenvalue weighted by atomic mass is 10.1. The van der Waals surface area contributed by atoms with Gasteiger partial charge in [0.25, 0.3) is 0 Å². The molecule has 4 aromatic rings. The van der Waals surface area contributed by atoms with E-state index >= 15 is 0 Å². The van der Waals surface area contributed by atoms with E-state index in [0.29, 0.717) is 23.5 Å².